The second kappa shape index (κ2) is 4.82. The van der Waals surface area contributed by atoms with E-state index in [1.807, 2.05) is 0 Å². The van der Waals surface area contributed by atoms with Crippen molar-refractivity contribution in [1.82, 2.24) is 4.90 Å². The lowest BCUT2D eigenvalue weighted by atomic mass is 9.82. The molecule has 21 heavy (non-hydrogen) atoms. The second-order valence-electron chi connectivity index (χ2n) is 5.51. The number of nitrogens with two attached hydrogens (primary N) is 1. The molecule has 1 amide bonds. The van der Waals surface area contributed by atoms with Crippen LogP contribution in [0, 0.1) is 0 Å². The third-order valence-corrected chi connectivity index (χ3v) is 3.88. The predicted octanol–water partition coefficient (Wildman–Crippen LogP) is 2.46. The van der Waals surface area contributed by atoms with Crippen LogP contribution in [0.3, 0.4) is 0 Å². The number of alkyl halides is 3. The average Bonchev–Trinajstić information content (AvgIpc) is 2.37. The summed E-state index contributed by atoms with van der Waals surface area (Å²) < 4.78 is 43.3. The fourth-order valence-electron chi connectivity index (χ4n) is 2.76. The molecule has 1 heterocycles. The highest BCUT2D eigenvalue weighted by Crippen LogP contribution is 2.40. The van der Waals surface area contributed by atoms with Gasteiger partial charge in [0.2, 0.25) is 0 Å². The molecule has 0 bridgehead atoms. The van der Waals surface area contributed by atoms with E-state index in [0.717, 1.165) is 10.5 Å². The van der Waals surface area contributed by atoms with Gasteiger partial charge in [-0.15, -0.1) is 0 Å². The van der Waals surface area contributed by atoms with Crippen LogP contribution >= 0.6 is 0 Å². The molecule has 0 radical (unpaired) electrons. The van der Waals surface area contributed by atoms with E-state index < -0.39 is 17.6 Å². The van der Waals surface area contributed by atoms with Gasteiger partial charge in [0.15, 0.2) is 0 Å². The third-order valence-electron chi connectivity index (χ3n) is 3.88. The highest BCUT2D eigenvalue weighted by Gasteiger charge is 2.49. The van der Waals surface area contributed by atoms with Crippen molar-refractivity contribution < 1.29 is 22.7 Å². The molecule has 2 rings (SSSR count). The summed E-state index contributed by atoms with van der Waals surface area (Å²) in [5, 5.41) is 0. The van der Waals surface area contributed by atoms with Crippen molar-refractivity contribution in [3.05, 3.63) is 23.3 Å². The maximum atomic E-state index is 12.7. The van der Waals surface area contributed by atoms with Crippen molar-refractivity contribution in [2.45, 2.75) is 32.0 Å². The van der Waals surface area contributed by atoms with Crippen LogP contribution in [0.5, 0.6) is 5.75 Å². The SMILES string of the molecule is COc1cc2c(cc1N)C(C)(C)N(C(=O)C(F)(F)F)CC2. The molecule has 7 heteroatoms. The topological polar surface area (TPSA) is 55.6 Å². The Hall–Kier alpha value is -1.92. The predicted molar refractivity (Wildman–Crippen MR) is 71.9 cm³/mol. The summed E-state index contributed by atoms with van der Waals surface area (Å²) in [5.74, 6) is -1.34. The Morgan fingerprint density at radius 3 is 2.52 bits per heavy atom. The summed E-state index contributed by atoms with van der Waals surface area (Å²) in [6.45, 7) is 3.17. The number of nitrogens with zero attached hydrogens (tertiary/aromatic N) is 1. The van der Waals surface area contributed by atoms with E-state index in [1.165, 1.54) is 7.11 Å². The fraction of sp³-hybridized carbons (Fsp3) is 0.500. The smallest absolute Gasteiger partial charge is 0.471 e. The zero-order valence-electron chi connectivity index (χ0n) is 12.0. The van der Waals surface area contributed by atoms with Crippen LogP contribution in [-0.2, 0) is 16.8 Å². The summed E-state index contributed by atoms with van der Waals surface area (Å²) in [6.07, 6.45) is -4.55. The number of anilines is 1. The van der Waals surface area contributed by atoms with Crippen molar-refractivity contribution in [3.63, 3.8) is 0 Å². The lowest BCUT2D eigenvalue weighted by molar-refractivity contribution is -0.191. The first-order valence-electron chi connectivity index (χ1n) is 6.44. The minimum Gasteiger partial charge on any atom is -0.495 e. The van der Waals surface area contributed by atoms with Gasteiger partial charge in [0, 0.05) is 6.54 Å². The summed E-state index contributed by atoms with van der Waals surface area (Å²) in [6, 6.07) is 3.31. The first kappa shape index (κ1) is 15.5. The van der Waals surface area contributed by atoms with E-state index >= 15 is 0 Å². The van der Waals surface area contributed by atoms with Gasteiger partial charge in [0.25, 0.3) is 0 Å². The van der Waals surface area contributed by atoms with Crippen LogP contribution in [0.2, 0.25) is 0 Å². The van der Waals surface area contributed by atoms with Gasteiger partial charge in [-0.3, -0.25) is 4.79 Å². The third kappa shape index (κ3) is 2.52. The number of hydrogen-bond donors (Lipinski definition) is 1. The normalized spacial score (nSPS) is 17.3. The number of ether oxygens (including phenoxy) is 1. The van der Waals surface area contributed by atoms with Crippen molar-refractivity contribution in [2.24, 2.45) is 0 Å². The van der Waals surface area contributed by atoms with Crippen molar-refractivity contribution in [2.75, 3.05) is 19.4 Å². The summed E-state index contributed by atoms with van der Waals surface area (Å²) in [5.41, 5.74) is 6.55. The lowest BCUT2D eigenvalue weighted by Crippen LogP contribution is -2.54. The minimum atomic E-state index is -4.88. The summed E-state index contributed by atoms with van der Waals surface area (Å²) in [4.78, 5) is 12.4. The number of methoxy groups -OCH3 is 1. The molecule has 0 aromatic heterocycles. The number of fused-ring (bicyclic) bond motifs is 1. The molecule has 0 atom stereocenters. The number of nitrogen functional groups attached to an aromatic ring is 1. The number of amides is 1. The van der Waals surface area contributed by atoms with Gasteiger partial charge in [0.1, 0.15) is 5.75 Å². The van der Waals surface area contributed by atoms with Gasteiger partial charge in [-0.2, -0.15) is 13.2 Å². The Kier molecular flexibility index (Phi) is 3.55. The van der Waals surface area contributed by atoms with Crippen molar-refractivity contribution in [3.8, 4) is 5.75 Å². The molecule has 116 valence electrons. The molecule has 0 saturated heterocycles. The Labute approximate surface area is 120 Å². The quantitative estimate of drug-likeness (QED) is 0.811. The molecule has 4 nitrogen and oxygen atoms in total. The zero-order valence-corrected chi connectivity index (χ0v) is 12.0. The van der Waals surface area contributed by atoms with Gasteiger partial charge in [-0.1, -0.05) is 0 Å². The van der Waals surface area contributed by atoms with Gasteiger partial charge in [0.05, 0.1) is 18.3 Å². The van der Waals surface area contributed by atoms with E-state index in [2.05, 4.69) is 0 Å². The number of halogens is 3. The summed E-state index contributed by atoms with van der Waals surface area (Å²) >= 11 is 0. The largest absolute Gasteiger partial charge is 0.495 e. The van der Waals surface area contributed by atoms with Gasteiger partial charge in [-0.25, -0.2) is 0 Å². The molecule has 0 unspecified atom stereocenters. The molecular weight excluding hydrogens is 285 g/mol. The number of rotatable bonds is 1. The maximum absolute atomic E-state index is 12.7. The molecule has 1 aliphatic rings. The van der Waals surface area contributed by atoms with Crippen LogP contribution < -0.4 is 10.5 Å². The van der Waals surface area contributed by atoms with Crippen LogP contribution in [0.4, 0.5) is 18.9 Å². The number of carbonyl (C=O) groups is 1. The van der Waals surface area contributed by atoms with E-state index in [0.29, 0.717) is 23.4 Å². The van der Waals surface area contributed by atoms with Crippen LogP contribution in [-0.4, -0.2) is 30.6 Å². The van der Waals surface area contributed by atoms with Crippen molar-refractivity contribution >= 4 is 11.6 Å². The van der Waals surface area contributed by atoms with Gasteiger partial charge in [-0.05, 0) is 43.5 Å². The molecule has 1 aromatic carbocycles. The molecule has 0 saturated carbocycles. The molecule has 0 fully saturated rings. The van der Waals surface area contributed by atoms with Crippen molar-refractivity contribution in [1.29, 1.82) is 0 Å². The molecule has 1 aliphatic heterocycles. The average molecular weight is 302 g/mol. The first-order valence-corrected chi connectivity index (χ1v) is 6.44. The van der Waals surface area contributed by atoms with E-state index in [4.69, 9.17) is 10.5 Å². The Bertz CT molecular complexity index is 582. The van der Waals surface area contributed by atoms with Crippen LogP contribution in [0.1, 0.15) is 25.0 Å². The monoisotopic (exact) mass is 302 g/mol. The van der Waals surface area contributed by atoms with Crippen LogP contribution in [0.25, 0.3) is 0 Å². The fourth-order valence-corrected chi connectivity index (χ4v) is 2.76. The maximum Gasteiger partial charge on any atom is 0.471 e. The van der Waals surface area contributed by atoms with E-state index in [1.54, 1.807) is 26.0 Å². The first-order chi connectivity index (χ1) is 9.59. The second-order valence-corrected chi connectivity index (χ2v) is 5.51. The highest BCUT2D eigenvalue weighted by molar-refractivity contribution is 5.83. The molecular formula is C14H17F3N2O2. The van der Waals surface area contributed by atoms with Crippen LogP contribution in [0.15, 0.2) is 12.1 Å². The molecule has 2 N–H and O–H groups in total. The Balaban J connectivity index is 2.49. The highest BCUT2D eigenvalue weighted by atomic mass is 19.4. The lowest BCUT2D eigenvalue weighted by Gasteiger charge is -2.44. The summed E-state index contributed by atoms with van der Waals surface area (Å²) in [7, 11) is 1.48. The molecule has 1 aromatic rings. The van der Waals surface area contributed by atoms with Gasteiger partial charge < -0.3 is 15.4 Å². The van der Waals surface area contributed by atoms with E-state index in [9.17, 15) is 18.0 Å². The number of hydrogen-bond acceptors (Lipinski definition) is 3. The van der Waals surface area contributed by atoms with E-state index in [-0.39, 0.29) is 6.54 Å². The Morgan fingerprint density at radius 1 is 1.38 bits per heavy atom. The Morgan fingerprint density at radius 2 is 2.00 bits per heavy atom. The number of carbonyl (C=O) groups excluding carboxylic acids is 1. The zero-order chi connectivity index (χ0) is 16.0. The molecule has 0 aliphatic carbocycles. The van der Waals surface area contributed by atoms with Gasteiger partial charge >= 0.3 is 12.1 Å². The minimum absolute atomic E-state index is 0.00537. The molecule has 0 spiro atoms. The standard InChI is InChI=1S/C14H17F3N2O2/c1-13(2)9-7-10(18)11(21-3)6-8(9)4-5-19(13)12(20)14(15,16)17/h6-7H,4-5,18H2,1-3H3. The number of benzene rings is 1.